The third kappa shape index (κ3) is 3.10. The Morgan fingerprint density at radius 2 is 2.17 bits per heavy atom. The van der Waals surface area contributed by atoms with E-state index >= 15 is 0 Å². The molecular formula is C17H19N3O3. The van der Waals surface area contributed by atoms with Gasteiger partial charge in [0, 0.05) is 12.7 Å². The van der Waals surface area contributed by atoms with Crippen molar-refractivity contribution in [2.24, 2.45) is 0 Å². The number of methoxy groups -OCH3 is 1. The molecular weight excluding hydrogens is 294 g/mol. The molecule has 2 aromatic rings. The van der Waals surface area contributed by atoms with Crippen molar-refractivity contribution in [2.45, 2.75) is 25.5 Å². The number of aromatic nitrogens is 1. The standard InChI is InChI=1S/C17H19N3O3/c1-21-15-6-2-3-7-16(15)23-17-14(19)9-12(10-18)20(17)11-13-5-4-8-22-13/h2-3,6-7,9,13H,4-5,8,11,19H2,1H3/t13-/m1/s1. The molecule has 0 bridgehead atoms. The van der Waals surface area contributed by atoms with E-state index in [-0.39, 0.29) is 6.10 Å². The fourth-order valence-electron chi connectivity index (χ4n) is 2.74. The van der Waals surface area contributed by atoms with Crippen LogP contribution < -0.4 is 15.2 Å². The Labute approximate surface area is 135 Å². The van der Waals surface area contributed by atoms with E-state index < -0.39 is 0 Å². The van der Waals surface area contributed by atoms with Crippen LogP contribution >= 0.6 is 0 Å². The Hall–Kier alpha value is -2.65. The number of para-hydroxylation sites is 2. The minimum absolute atomic E-state index is 0.0777. The van der Waals surface area contributed by atoms with Gasteiger partial charge in [-0.25, -0.2) is 0 Å². The van der Waals surface area contributed by atoms with Gasteiger partial charge in [-0.05, 0) is 25.0 Å². The van der Waals surface area contributed by atoms with Crippen molar-refractivity contribution >= 4 is 5.69 Å². The van der Waals surface area contributed by atoms with Gasteiger partial charge in [0.15, 0.2) is 11.5 Å². The molecule has 2 heterocycles. The summed E-state index contributed by atoms with van der Waals surface area (Å²) in [4.78, 5) is 0. The summed E-state index contributed by atoms with van der Waals surface area (Å²) < 4.78 is 18.7. The summed E-state index contributed by atoms with van der Waals surface area (Å²) in [6.07, 6.45) is 2.08. The lowest BCUT2D eigenvalue weighted by molar-refractivity contribution is 0.0952. The van der Waals surface area contributed by atoms with E-state index in [2.05, 4.69) is 6.07 Å². The van der Waals surface area contributed by atoms with E-state index in [1.54, 1.807) is 23.8 Å². The molecule has 0 unspecified atom stereocenters. The molecule has 120 valence electrons. The maximum absolute atomic E-state index is 9.35. The zero-order valence-corrected chi connectivity index (χ0v) is 13.0. The number of nitrogens with zero attached hydrogens (tertiary/aromatic N) is 2. The minimum Gasteiger partial charge on any atom is -0.493 e. The molecule has 1 fully saturated rings. The number of hydrogen-bond donors (Lipinski definition) is 1. The lowest BCUT2D eigenvalue weighted by Gasteiger charge is -2.16. The van der Waals surface area contributed by atoms with Crippen LogP contribution in [0.1, 0.15) is 18.5 Å². The van der Waals surface area contributed by atoms with Gasteiger partial charge in [-0.3, -0.25) is 4.57 Å². The highest BCUT2D eigenvalue weighted by molar-refractivity contribution is 5.57. The van der Waals surface area contributed by atoms with Gasteiger partial charge < -0.3 is 19.9 Å². The third-order valence-electron chi connectivity index (χ3n) is 3.88. The Bertz CT molecular complexity index is 727. The molecule has 0 amide bonds. The molecule has 1 aromatic carbocycles. The minimum atomic E-state index is 0.0777. The quantitative estimate of drug-likeness (QED) is 0.917. The molecule has 0 radical (unpaired) electrons. The summed E-state index contributed by atoms with van der Waals surface area (Å²) in [6.45, 7) is 1.30. The van der Waals surface area contributed by atoms with E-state index in [1.165, 1.54) is 0 Å². The van der Waals surface area contributed by atoms with Crippen LogP contribution in [-0.4, -0.2) is 24.4 Å². The Kier molecular flexibility index (Phi) is 4.40. The second kappa shape index (κ2) is 6.63. The van der Waals surface area contributed by atoms with Gasteiger partial charge in [-0.15, -0.1) is 0 Å². The first kappa shape index (κ1) is 15.3. The van der Waals surface area contributed by atoms with Gasteiger partial charge in [-0.2, -0.15) is 5.26 Å². The summed E-state index contributed by atoms with van der Waals surface area (Å²) in [5.74, 6) is 1.61. The monoisotopic (exact) mass is 313 g/mol. The van der Waals surface area contributed by atoms with Crippen LogP contribution in [0.4, 0.5) is 5.69 Å². The van der Waals surface area contributed by atoms with Gasteiger partial charge in [0.2, 0.25) is 5.88 Å². The highest BCUT2D eigenvalue weighted by Gasteiger charge is 2.22. The third-order valence-corrected chi connectivity index (χ3v) is 3.88. The van der Waals surface area contributed by atoms with E-state index in [4.69, 9.17) is 19.9 Å². The zero-order valence-electron chi connectivity index (χ0n) is 13.0. The number of anilines is 1. The number of hydrogen-bond acceptors (Lipinski definition) is 5. The molecule has 1 saturated heterocycles. The van der Waals surface area contributed by atoms with E-state index in [1.807, 2.05) is 18.2 Å². The van der Waals surface area contributed by atoms with Crippen LogP contribution in [0.2, 0.25) is 0 Å². The van der Waals surface area contributed by atoms with Crippen LogP contribution in [0.3, 0.4) is 0 Å². The number of nitriles is 1. The number of rotatable bonds is 5. The van der Waals surface area contributed by atoms with Crippen molar-refractivity contribution in [2.75, 3.05) is 19.5 Å². The highest BCUT2D eigenvalue weighted by atomic mass is 16.5. The van der Waals surface area contributed by atoms with Gasteiger partial charge in [-0.1, -0.05) is 12.1 Å². The lowest BCUT2D eigenvalue weighted by atomic mass is 10.2. The molecule has 1 atom stereocenters. The molecule has 0 aliphatic carbocycles. The van der Waals surface area contributed by atoms with Crippen LogP contribution in [0.5, 0.6) is 17.4 Å². The summed E-state index contributed by atoms with van der Waals surface area (Å²) in [5, 5.41) is 9.35. The van der Waals surface area contributed by atoms with Crippen LogP contribution in [0.15, 0.2) is 30.3 Å². The molecule has 3 rings (SSSR count). The molecule has 2 N–H and O–H groups in total. The molecule has 1 aliphatic heterocycles. The maximum atomic E-state index is 9.35. The first-order chi connectivity index (χ1) is 11.2. The number of benzene rings is 1. The first-order valence-corrected chi connectivity index (χ1v) is 7.54. The molecule has 6 nitrogen and oxygen atoms in total. The average molecular weight is 313 g/mol. The Balaban J connectivity index is 1.94. The predicted octanol–water partition coefficient (Wildman–Crippen LogP) is 2.92. The van der Waals surface area contributed by atoms with Gasteiger partial charge in [0.25, 0.3) is 0 Å². The molecule has 1 aliphatic rings. The van der Waals surface area contributed by atoms with Gasteiger partial charge in [0.05, 0.1) is 25.4 Å². The summed E-state index contributed by atoms with van der Waals surface area (Å²) in [5.41, 5.74) is 6.94. The topological polar surface area (TPSA) is 82.4 Å². The molecule has 0 spiro atoms. The SMILES string of the molecule is COc1ccccc1Oc1c(N)cc(C#N)n1C[C@H]1CCCO1. The molecule has 6 heteroatoms. The first-order valence-electron chi connectivity index (χ1n) is 7.54. The molecule has 23 heavy (non-hydrogen) atoms. The maximum Gasteiger partial charge on any atom is 0.224 e. The Morgan fingerprint density at radius 1 is 1.39 bits per heavy atom. The number of ether oxygens (including phenoxy) is 3. The highest BCUT2D eigenvalue weighted by Crippen LogP contribution is 2.36. The van der Waals surface area contributed by atoms with Crippen molar-refractivity contribution in [1.29, 1.82) is 5.26 Å². The van der Waals surface area contributed by atoms with Gasteiger partial charge >= 0.3 is 0 Å². The van der Waals surface area contributed by atoms with Crippen molar-refractivity contribution < 1.29 is 14.2 Å². The Morgan fingerprint density at radius 3 is 2.83 bits per heavy atom. The second-order valence-electron chi connectivity index (χ2n) is 5.40. The molecule has 1 aromatic heterocycles. The van der Waals surface area contributed by atoms with Crippen LogP contribution in [0.25, 0.3) is 0 Å². The van der Waals surface area contributed by atoms with Gasteiger partial charge in [0.1, 0.15) is 11.8 Å². The van der Waals surface area contributed by atoms with Crippen LogP contribution in [0, 0.1) is 11.3 Å². The smallest absolute Gasteiger partial charge is 0.224 e. The van der Waals surface area contributed by atoms with Crippen molar-refractivity contribution in [3.63, 3.8) is 0 Å². The van der Waals surface area contributed by atoms with E-state index in [9.17, 15) is 5.26 Å². The fourth-order valence-corrected chi connectivity index (χ4v) is 2.74. The fraction of sp³-hybridized carbons (Fsp3) is 0.353. The van der Waals surface area contributed by atoms with E-state index in [0.717, 1.165) is 19.4 Å². The largest absolute Gasteiger partial charge is 0.493 e. The van der Waals surface area contributed by atoms with E-state index in [0.29, 0.717) is 35.3 Å². The normalized spacial score (nSPS) is 17.0. The summed E-state index contributed by atoms with van der Waals surface area (Å²) in [6, 6.07) is 11.1. The zero-order chi connectivity index (χ0) is 16.2. The summed E-state index contributed by atoms with van der Waals surface area (Å²) in [7, 11) is 1.58. The lowest BCUT2D eigenvalue weighted by Crippen LogP contribution is -2.16. The van der Waals surface area contributed by atoms with Crippen molar-refractivity contribution in [1.82, 2.24) is 4.57 Å². The predicted molar refractivity (Wildman–Crippen MR) is 85.6 cm³/mol. The number of nitrogens with two attached hydrogens (primary N) is 1. The summed E-state index contributed by atoms with van der Waals surface area (Å²) >= 11 is 0. The number of nitrogen functional groups attached to an aromatic ring is 1. The average Bonchev–Trinajstić information content (AvgIpc) is 3.18. The molecule has 0 saturated carbocycles. The van der Waals surface area contributed by atoms with Crippen molar-refractivity contribution in [3.8, 4) is 23.4 Å². The van der Waals surface area contributed by atoms with Crippen molar-refractivity contribution in [3.05, 3.63) is 36.0 Å². The van der Waals surface area contributed by atoms with Crippen LogP contribution in [-0.2, 0) is 11.3 Å². The second-order valence-corrected chi connectivity index (χ2v) is 5.40.